The van der Waals surface area contributed by atoms with Crippen LogP contribution in [0.1, 0.15) is 18.1 Å². The molecule has 2 heterocycles. The number of nitrogens with zero attached hydrogens (tertiary/aromatic N) is 3. The van der Waals surface area contributed by atoms with E-state index in [0.29, 0.717) is 6.67 Å². The van der Waals surface area contributed by atoms with E-state index in [4.69, 9.17) is 0 Å². The van der Waals surface area contributed by atoms with Crippen molar-refractivity contribution < 1.29 is 9.59 Å². The van der Waals surface area contributed by atoms with Crippen molar-refractivity contribution in [3.63, 3.8) is 0 Å². The van der Waals surface area contributed by atoms with Crippen LogP contribution in [0.15, 0.2) is 54.6 Å². The Labute approximate surface area is 147 Å². The van der Waals surface area contributed by atoms with Crippen molar-refractivity contribution in [2.45, 2.75) is 25.9 Å². The molecule has 2 aromatic rings. The van der Waals surface area contributed by atoms with Gasteiger partial charge in [0.2, 0.25) is 0 Å². The standard InChI is InChI=1S/C20H21N3O2/c1-15-19(24)22(20(25)23(15)18-9-3-2-4-10-18)14-21-12-11-16-7-5-6-8-17(16)13-21/h2-10,15H,11-14H2,1H3/t15-/m0/s1. The zero-order valence-corrected chi connectivity index (χ0v) is 14.3. The highest BCUT2D eigenvalue weighted by molar-refractivity contribution is 6.14. The van der Waals surface area contributed by atoms with Crippen LogP contribution in [-0.2, 0) is 17.8 Å². The maximum Gasteiger partial charge on any atom is 0.333 e. The molecule has 0 bridgehead atoms. The number of fused-ring (bicyclic) bond motifs is 1. The van der Waals surface area contributed by atoms with Gasteiger partial charge in [0.25, 0.3) is 5.91 Å². The Morgan fingerprint density at radius 3 is 2.40 bits per heavy atom. The minimum Gasteiger partial charge on any atom is -0.282 e. The predicted molar refractivity (Wildman–Crippen MR) is 96.0 cm³/mol. The molecule has 25 heavy (non-hydrogen) atoms. The van der Waals surface area contributed by atoms with Gasteiger partial charge in [-0.1, -0.05) is 42.5 Å². The van der Waals surface area contributed by atoms with Crippen molar-refractivity contribution in [1.29, 1.82) is 0 Å². The summed E-state index contributed by atoms with van der Waals surface area (Å²) in [6, 6.07) is 17.0. The summed E-state index contributed by atoms with van der Waals surface area (Å²) < 4.78 is 0. The van der Waals surface area contributed by atoms with E-state index in [1.165, 1.54) is 16.0 Å². The average Bonchev–Trinajstić information content (AvgIpc) is 2.86. The average molecular weight is 335 g/mol. The maximum absolute atomic E-state index is 12.9. The summed E-state index contributed by atoms with van der Waals surface area (Å²) in [6.45, 7) is 3.76. The summed E-state index contributed by atoms with van der Waals surface area (Å²) in [5.74, 6) is -0.132. The molecule has 128 valence electrons. The molecule has 0 spiro atoms. The molecular weight excluding hydrogens is 314 g/mol. The van der Waals surface area contributed by atoms with Crippen LogP contribution in [0.3, 0.4) is 0 Å². The smallest absolute Gasteiger partial charge is 0.282 e. The first kappa shape index (κ1) is 15.8. The van der Waals surface area contributed by atoms with Crippen molar-refractivity contribution >= 4 is 17.6 Å². The van der Waals surface area contributed by atoms with Crippen molar-refractivity contribution in [2.75, 3.05) is 18.1 Å². The lowest BCUT2D eigenvalue weighted by Gasteiger charge is -2.31. The second-order valence-electron chi connectivity index (χ2n) is 6.64. The highest BCUT2D eigenvalue weighted by atomic mass is 16.2. The fourth-order valence-corrected chi connectivity index (χ4v) is 3.65. The first-order chi connectivity index (χ1) is 12.1. The van der Waals surface area contributed by atoms with Crippen LogP contribution in [0, 0.1) is 0 Å². The van der Waals surface area contributed by atoms with E-state index < -0.39 is 6.04 Å². The predicted octanol–water partition coefficient (Wildman–Crippen LogP) is 2.86. The molecule has 0 unspecified atom stereocenters. The third-order valence-electron chi connectivity index (χ3n) is 5.03. The molecule has 0 aliphatic carbocycles. The molecule has 0 N–H and O–H groups in total. The molecule has 1 saturated heterocycles. The molecule has 2 aliphatic heterocycles. The lowest BCUT2D eigenvalue weighted by molar-refractivity contribution is -0.128. The van der Waals surface area contributed by atoms with E-state index in [1.807, 2.05) is 36.4 Å². The Balaban J connectivity index is 1.52. The zero-order valence-electron chi connectivity index (χ0n) is 14.3. The zero-order chi connectivity index (χ0) is 17.4. The molecule has 2 aromatic carbocycles. The number of rotatable bonds is 3. The first-order valence-corrected chi connectivity index (χ1v) is 8.64. The Morgan fingerprint density at radius 1 is 0.960 bits per heavy atom. The quantitative estimate of drug-likeness (QED) is 0.810. The normalized spacial score (nSPS) is 20.9. The summed E-state index contributed by atoms with van der Waals surface area (Å²) in [5, 5.41) is 0. The van der Waals surface area contributed by atoms with Gasteiger partial charge in [-0.3, -0.25) is 14.6 Å². The summed E-state index contributed by atoms with van der Waals surface area (Å²) in [7, 11) is 0. The van der Waals surface area contributed by atoms with Gasteiger partial charge >= 0.3 is 6.03 Å². The van der Waals surface area contributed by atoms with Gasteiger partial charge < -0.3 is 0 Å². The fraction of sp³-hybridized carbons (Fsp3) is 0.300. The SMILES string of the molecule is C[C@H]1C(=O)N(CN2CCc3ccccc3C2)C(=O)N1c1ccccc1. The molecule has 4 rings (SSSR count). The van der Waals surface area contributed by atoms with E-state index >= 15 is 0 Å². The van der Waals surface area contributed by atoms with Gasteiger partial charge in [-0.25, -0.2) is 9.69 Å². The van der Waals surface area contributed by atoms with Gasteiger partial charge in [0.15, 0.2) is 0 Å². The number of hydrogen-bond acceptors (Lipinski definition) is 3. The molecular formula is C20H21N3O2. The number of imide groups is 1. The Kier molecular flexibility index (Phi) is 4.01. The number of amides is 3. The van der Waals surface area contributed by atoms with E-state index in [2.05, 4.69) is 23.1 Å². The third-order valence-corrected chi connectivity index (χ3v) is 5.03. The largest absolute Gasteiger partial charge is 0.333 e. The van der Waals surface area contributed by atoms with E-state index in [-0.39, 0.29) is 11.9 Å². The third kappa shape index (κ3) is 2.81. The summed E-state index contributed by atoms with van der Waals surface area (Å²) in [6.07, 6.45) is 0.949. The van der Waals surface area contributed by atoms with E-state index in [0.717, 1.165) is 25.2 Å². The minimum atomic E-state index is -0.466. The summed E-state index contributed by atoms with van der Waals surface area (Å²) in [5.41, 5.74) is 3.40. The molecule has 5 nitrogen and oxygen atoms in total. The Bertz CT molecular complexity index is 806. The summed E-state index contributed by atoms with van der Waals surface area (Å²) in [4.78, 5) is 30.6. The molecule has 0 saturated carbocycles. The second-order valence-corrected chi connectivity index (χ2v) is 6.64. The van der Waals surface area contributed by atoms with Crippen LogP contribution >= 0.6 is 0 Å². The Hall–Kier alpha value is -2.66. The number of carbonyl (C=O) groups is 2. The monoisotopic (exact) mass is 335 g/mol. The van der Waals surface area contributed by atoms with Crippen LogP contribution in [0.4, 0.5) is 10.5 Å². The van der Waals surface area contributed by atoms with E-state index in [1.54, 1.807) is 11.8 Å². The van der Waals surface area contributed by atoms with Crippen molar-refractivity contribution in [1.82, 2.24) is 9.80 Å². The van der Waals surface area contributed by atoms with Crippen molar-refractivity contribution in [2.24, 2.45) is 0 Å². The van der Waals surface area contributed by atoms with Gasteiger partial charge in [-0.05, 0) is 36.6 Å². The fourth-order valence-electron chi connectivity index (χ4n) is 3.65. The highest BCUT2D eigenvalue weighted by Crippen LogP contribution is 2.26. The molecule has 1 fully saturated rings. The van der Waals surface area contributed by atoms with Gasteiger partial charge in [0.1, 0.15) is 6.04 Å². The number of urea groups is 1. The number of para-hydroxylation sites is 1. The van der Waals surface area contributed by atoms with Crippen LogP contribution < -0.4 is 4.90 Å². The van der Waals surface area contributed by atoms with Crippen LogP contribution in [0.2, 0.25) is 0 Å². The number of hydrogen-bond donors (Lipinski definition) is 0. The molecule has 0 aromatic heterocycles. The summed E-state index contributed by atoms with van der Waals surface area (Å²) >= 11 is 0. The molecule has 0 radical (unpaired) electrons. The van der Waals surface area contributed by atoms with Gasteiger partial charge in [-0.2, -0.15) is 0 Å². The van der Waals surface area contributed by atoms with Gasteiger partial charge in [0, 0.05) is 18.8 Å². The molecule has 3 amide bonds. The number of benzene rings is 2. The first-order valence-electron chi connectivity index (χ1n) is 8.64. The minimum absolute atomic E-state index is 0.132. The van der Waals surface area contributed by atoms with Gasteiger partial charge in [-0.15, -0.1) is 0 Å². The van der Waals surface area contributed by atoms with Crippen LogP contribution in [0.25, 0.3) is 0 Å². The molecule has 2 aliphatic rings. The van der Waals surface area contributed by atoms with Crippen LogP contribution in [-0.4, -0.2) is 41.0 Å². The molecule has 1 atom stereocenters. The van der Waals surface area contributed by atoms with Crippen molar-refractivity contribution in [3.05, 3.63) is 65.7 Å². The topological polar surface area (TPSA) is 43.9 Å². The van der Waals surface area contributed by atoms with E-state index in [9.17, 15) is 9.59 Å². The van der Waals surface area contributed by atoms with Gasteiger partial charge in [0.05, 0.1) is 6.67 Å². The highest BCUT2D eigenvalue weighted by Gasteiger charge is 2.43. The lowest BCUT2D eigenvalue weighted by atomic mass is 10.0. The number of anilines is 1. The lowest BCUT2D eigenvalue weighted by Crippen LogP contribution is -2.44. The van der Waals surface area contributed by atoms with Crippen LogP contribution in [0.5, 0.6) is 0 Å². The number of carbonyl (C=O) groups excluding carboxylic acids is 2. The van der Waals surface area contributed by atoms with Crippen molar-refractivity contribution in [3.8, 4) is 0 Å². The maximum atomic E-state index is 12.9. The Morgan fingerprint density at radius 2 is 1.64 bits per heavy atom. The molecule has 5 heteroatoms. The second kappa shape index (κ2) is 6.33.